The first-order valence-electron chi connectivity index (χ1n) is 7.92. The van der Waals surface area contributed by atoms with Crippen molar-refractivity contribution in [1.29, 1.82) is 0 Å². The first-order chi connectivity index (χ1) is 12.4. The topological polar surface area (TPSA) is 78.4 Å². The summed E-state index contributed by atoms with van der Waals surface area (Å²) in [4.78, 5) is 11.9. The summed E-state index contributed by atoms with van der Waals surface area (Å²) in [5.74, 6) is -1.05. The van der Waals surface area contributed by atoms with E-state index in [1.54, 1.807) is 6.92 Å². The average molecular weight is 362 g/mol. The van der Waals surface area contributed by atoms with Crippen LogP contribution >= 0.6 is 0 Å². The van der Waals surface area contributed by atoms with Gasteiger partial charge in [-0.05, 0) is 32.4 Å². The van der Waals surface area contributed by atoms with Gasteiger partial charge in [0, 0.05) is 24.1 Å². The molecule has 0 bridgehead atoms. The van der Waals surface area contributed by atoms with Gasteiger partial charge in [-0.2, -0.15) is 0 Å². The van der Waals surface area contributed by atoms with E-state index in [0.29, 0.717) is 17.9 Å². The minimum atomic E-state index is -0.760. The molecule has 0 aliphatic rings. The van der Waals surface area contributed by atoms with Crippen LogP contribution in [0.25, 0.3) is 11.3 Å². The summed E-state index contributed by atoms with van der Waals surface area (Å²) in [5, 5.41) is 7.56. The van der Waals surface area contributed by atoms with Gasteiger partial charge < -0.3 is 13.8 Å². The highest BCUT2D eigenvalue weighted by atomic mass is 19.1. The Bertz CT molecular complexity index is 914. The third-order valence-corrected chi connectivity index (χ3v) is 3.90. The molecule has 2 heterocycles. The Hall–Kier alpha value is -3.03. The summed E-state index contributed by atoms with van der Waals surface area (Å²) in [7, 11) is 0. The Morgan fingerprint density at radius 2 is 1.96 bits per heavy atom. The zero-order valence-electron chi connectivity index (χ0n) is 14.2. The lowest BCUT2D eigenvalue weighted by Gasteiger charge is -2.02. The van der Waals surface area contributed by atoms with E-state index in [1.807, 2.05) is 6.92 Å². The standard InChI is InChI=1S/C18H16F2N2O4/c1-10-14(11(2)25-21-10)5-6-18(23)24-9-13-8-17(26-22-13)15-4-3-12(19)7-16(15)20/h3-4,7-8H,5-6,9H2,1-2H3. The van der Waals surface area contributed by atoms with Gasteiger partial charge in [-0.15, -0.1) is 0 Å². The Morgan fingerprint density at radius 3 is 2.65 bits per heavy atom. The first-order valence-corrected chi connectivity index (χ1v) is 7.92. The number of benzene rings is 1. The number of esters is 1. The van der Waals surface area contributed by atoms with Crippen molar-refractivity contribution < 1.29 is 27.4 Å². The molecule has 0 aliphatic heterocycles. The molecule has 0 fully saturated rings. The van der Waals surface area contributed by atoms with Crippen LogP contribution in [0.1, 0.15) is 29.1 Å². The second-order valence-corrected chi connectivity index (χ2v) is 5.77. The molecular weight excluding hydrogens is 346 g/mol. The fourth-order valence-corrected chi connectivity index (χ4v) is 2.51. The van der Waals surface area contributed by atoms with Crippen LogP contribution in [0.2, 0.25) is 0 Å². The summed E-state index contributed by atoms with van der Waals surface area (Å²) < 4.78 is 41.9. The van der Waals surface area contributed by atoms with E-state index in [4.69, 9.17) is 13.8 Å². The van der Waals surface area contributed by atoms with Gasteiger partial charge >= 0.3 is 5.97 Å². The maximum atomic E-state index is 13.7. The minimum Gasteiger partial charge on any atom is -0.459 e. The van der Waals surface area contributed by atoms with Crippen LogP contribution in [0, 0.1) is 25.5 Å². The van der Waals surface area contributed by atoms with Crippen molar-refractivity contribution in [3.63, 3.8) is 0 Å². The van der Waals surface area contributed by atoms with Gasteiger partial charge in [-0.3, -0.25) is 4.79 Å². The first kappa shape index (κ1) is 17.8. The second kappa shape index (κ2) is 7.47. The quantitative estimate of drug-likeness (QED) is 0.619. The number of nitrogens with zero attached hydrogens (tertiary/aromatic N) is 2. The van der Waals surface area contributed by atoms with Crippen molar-refractivity contribution in [2.45, 2.75) is 33.3 Å². The summed E-state index contributed by atoms with van der Waals surface area (Å²) in [6.07, 6.45) is 0.630. The molecule has 0 saturated heterocycles. The van der Waals surface area contributed by atoms with Crippen LogP contribution in [0.4, 0.5) is 8.78 Å². The Morgan fingerprint density at radius 1 is 1.15 bits per heavy atom. The van der Waals surface area contributed by atoms with E-state index in [2.05, 4.69) is 10.3 Å². The summed E-state index contributed by atoms with van der Waals surface area (Å²) in [6, 6.07) is 4.57. The molecule has 0 radical (unpaired) electrons. The zero-order chi connectivity index (χ0) is 18.7. The van der Waals surface area contributed by atoms with Crippen molar-refractivity contribution in [2.75, 3.05) is 0 Å². The lowest BCUT2D eigenvalue weighted by atomic mass is 10.1. The number of carbonyl (C=O) groups excluding carboxylic acids is 1. The van der Waals surface area contributed by atoms with E-state index in [9.17, 15) is 13.6 Å². The SMILES string of the molecule is Cc1noc(C)c1CCC(=O)OCc1cc(-c2ccc(F)cc2F)on1. The van der Waals surface area contributed by atoms with Crippen LogP contribution in [0.15, 0.2) is 33.3 Å². The smallest absolute Gasteiger partial charge is 0.306 e. The van der Waals surface area contributed by atoms with Crippen molar-refractivity contribution in [1.82, 2.24) is 10.3 Å². The van der Waals surface area contributed by atoms with Gasteiger partial charge in [-0.25, -0.2) is 8.78 Å². The number of halogens is 2. The number of aromatic nitrogens is 2. The van der Waals surface area contributed by atoms with Gasteiger partial charge in [0.15, 0.2) is 5.76 Å². The van der Waals surface area contributed by atoms with Crippen molar-refractivity contribution in [2.24, 2.45) is 0 Å². The van der Waals surface area contributed by atoms with Crippen LogP contribution in [-0.2, 0) is 22.6 Å². The predicted octanol–water partition coefficient (Wildman–Crippen LogP) is 3.90. The van der Waals surface area contributed by atoms with Gasteiger partial charge in [0.1, 0.15) is 29.7 Å². The van der Waals surface area contributed by atoms with Crippen LogP contribution < -0.4 is 0 Å². The monoisotopic (exact) mass is 362 g/mol. The molecule has 136 valence electrons. The lowest BCUT2D eigenvalue weighted by molar-refractivity contribution is -0.145. The molecule has 0 spiro atoms. The fraction of sp³-hybridized carbons (Fsp3) is 0.278. The molecule has 0 saturated carbocycles. The van der Waals surface area contributed by atoms with E-state index >= 15 is 0 Å². The normalized spacial score (nSPS) is 10.9. The van der Waals surface area contributed by atoms with Crippen molar-refractivity contribution in [3.8, 4) is 11.3 Å². The second-order valence-electron chi connectivity index (χ2n) is 5.77. The molecule has 1 aromatic carbocycles. The molecule has 3 rings (SSSR count). The molecular formula is C18H16F2N2O4. The molecule has 8 heteroatoms. The summed E-state index contributed by atoms with van der Waals surface area (Å²) >= 11 is 0. The number of ether oxygens (including phenoxy) is 1. The van der Waals surface area contributed by atoms with Gasteiger partial charge in [0.05, 0.1) is 11.3 Å². The highest BCUT2D eigenvalue weighted by Crippen LogP contribution is 2.24. The summed E-state index contributed by atoms with van der Waals surface area (Å²) in [6.45, 7) is 3.49. The van der Waals surface area contributed by atoms with Gasteiger partial charge in [-0.1, -0.05) is 10.3 Å². The molecule has 26 heavy (non-hydrogen) atoms. The lowest BCUT2D eigenvalue weighted by Crippen LogP contribution is -2.06. The predicted molar refractivity (Wildman–Crippen MR) is 85.9 cm³/mol. The number of rotatable bonds is 6. The van der Waals surface area contributed by atoms with Gasteiger partial charge in [0.25, 0.3) is 0 Å². The number of hydrogen-bond acceptors (Lipinski definition) is 6. The number of carbonyl (C=O) groups is 1. The van der Waals surface area contributed by atoms with Gasteiger partial charge in [0.2, 0.25) is 0 Å². The maximum absolute atomic E-state index is 13.7. The van der Waals surface area contributed by atoms with Crippen LogP contribution in [0.5, 0.6) is 0 Å². The molecule has 0 N–H and O–H groups in total. The zero-order valence-corrected chi connectivity index (χ0v) is 14.2. The largest absolute Gasteiger partial charge is 0.459 e. The highest BCUT2D eigenvalue weighted by molar-refractivity contribution is 5.69. The van der Waals surface area contributed by atoms with E-state index in [-0.39, 0.29) is 24.4 Å². The molecule has 6 nitrogen and oxygen atoms in total. The third-order valence-electron chi connectivity index (χ3n) is 3.90. The van der Waals surface area contributed by atoms with Crippen LogP contribution in [-0.4, -0.2) is 16.3 Å². The minimum absolute atomic E-state index is 0.0786. The molecule has 0 unspecified atom stereocenters. The number of aryl methyl sites for hydroxylation is 2. The van der Waals surface area contributed by atoms with Crippen LogP contribution in [0.3, 0.4) is 0 Å². The van der Waals surface area contributed by atoms with E-state index in [1.165, 1.54) is 12.1 Å². The molecule has 3 aromatic rings. The highest BCUT2D eigenvalue weighted by Gasteiger charge is 2.15. The fourth-order valence-electron chi connectivity index (χ4n) is 2.51. The Balaban J connectivity index is 1.55. The summed E-state index contributed by atoms with van der Waals surface area (Å²) in [5.41, 5.74) is 2.04. The van der Waals surface area contributed by atoms with E-state index < -0.39 is 17.6 Å². The van der Waals surface area contributed by atoms with Crippen molar-refractivity contribution >= 4 is 5.97 Å². The molecule has 0 atom stereocenters. The molecule has 2 aromatic heterocycles. The number of hydrogen-bond donors (Lipinski definition) is 0. The maximum Gasteiger partial charge on any atom is 0.306 e. The molecule has 0 aliphatic carbocycles. The Kier molecular flexibility index (Phi) is 5.11. The van der Waals surface area contributed by atoms with Crippen molar-refractivity contribution in [3.05, 3.63) is 58.6 Å². The Labute approximate surface area is 147 Å². The average Bonchev–Trinajstić information content (AvgIpc) is 3.18. The molecule has 0 amide bonds. The third kappa shape index (κ3) is 3.96. The van der Waals surface area contributed by atoms with E-state index in [0.717, 1.165) is 23.4 Å².